The summed E-state index contributed by atoms with van der Waals surface area (Å²) in [5.74, 6) is -11.6. The highest BCUT2D eigenvalue weighted by atomic mass is 16.4. The molecule has 8 N–H and O–H groups in total. The summed E-state index contributed by atoms with van der Waals surface area (Å²) in [6.07, 6.45) is -2.85. The van der Waals surface area contributed by atoms with E-state index in [1.54, 1.807) is 0 Å². The summed E-state index contributed by atoms with van der Waals surface area (Å²) >= 11 is 0. The molecule has 2 atom stereocenters. The molecule has 0 rings (SSSR count). The molecule has 0 bridgehead atoms. The largest absolute Gasteiger partial charge is 0.481 e. The Balaban J connectivity index is 0. The third-order valence-corrected chi connectivity index (χ3v) is 5.17. The lowest BCUT2D eigenvalue weighted by atomic mass is 9.61. The summed E-state index contributed by atoms with van der Waals surface area (Å²) in [6, 6.07) is 0. The molecule has 0 aliphatic rings. The average molecular weight is 468 g/mol. The van der Waals surface area contributed by atoms with Gasteiger partial charge in [-0.2, -0.15) is 0 Å². The number of carboxylic acids is 6. The number of hydrogen-bond donors (Lipinski definition) is 8. The van der Waals surface area contributed by atoms with Crippen molar-refractivity contribution in [2.75, 3.05) is 0 Å². The molecule has 0 saturated heterocycles. The Hall–Kier alpha value is -3.26. The van der Waals surface area contributed by atoms with Crippen LogP contribution in [0.25, 0.3) is 0 Å². The second kappa shape index (κ2) is 12.0. The summed E-state index contributed by atoms with van der Waals surface area (Å²) in [7, 11) is 0. The highest BCUT2D eigenvalue weighted by Gasteiger charge is 2.64. The fraction of sp³-hybridized carbons (Fsp3) is 0.667. The standard InChI is InChI=1S/C12H20O7.C6H8O7/c1-4-7(8(13)14)12(19,10(17)18)11(5-2,6-3)9(15)16;7-3(8)1-6(13,5(11)12)2-4(9)10/h7,19H,4-6H2,1-3H3,(H,13,14)(H,15,16)(H,17,18);13H,1-2H2,(H,7,8)(H,9,10)(H,11,12). The Morgan fingerprint density at radius 1 is 0.656 bits per heavy atom. The van der Waals surface area contributed by atoms with Crippen molar-refractivity contribution in [1.82, 2.24) is 0 Å². The zero-order chi connectivity index (χ0) is 26.1. The van der Waals surface area contributed by atoms with Crippen molar-refractivity contribution in [2.45, 2.75) is 64.1 Å². The lowest BCUT2D eigenvalue weighted by molar-refractivity contribution is -0.205. The Labute approximate surface area is 181 Å². The molecular weight excluding hydrogens is 440 g/mol. The molecule has 0 spiro atoms. The minimum Gasteiger partial charge on any atom is -0.481 e. The zero-order valence-electron chi connectivity index (χ0n) is 17.6. The molecule has 0 aliphatic heterocycles. The number of aliphatic hydroxyl groups is 2. The van der Waals surface area contributed by atoms with Gasteiger partial charge in [-0.15, -0.1) is 0 Å². The molecule has 0 radical (unpaired) electrons. The minimum absolute atomic E-state index is 0.187. The van der Waals surface area contributed by atoms with Gasteiger partial charge in [-0.1, -0.05) is 20.8 Å². The van der Waals surface area contributed by atoms with Crippen LogP contribution >= 0.6 is 0 Å². The van der Waals surface area contributed by atoms with Crippen molar-refractivity contribution in [2.24, 2.45) is 11.3 Å². The topological polar surface area (TPSA) is 264 Å². The Bertz CT molecular complexity index is 722. The first-order valence-corrected chi connectivity index (χ1v) is 9.24. The monoisotopic (exact) mass is 468 g/mol. The average Bonchev–Trinajstić information content (AvgIpc) is 2.61. The van der Waals surface area contributed by atoms with E-state index in [1.165, 1.54) is 20.8 Å². The van der Waals surface area contributed by atoms with Gasteiger partial charge in [0.1, 0.15) is 5.41 Å². The van der Waals surface area contributed by atoms with Gasteiger partial charge < -0.3 is 40.9 Å². The Morgan fingerprint density at radius 3 is 1.19 bits per heavy atom. The summed E-state index contributed by atoms with van der Waals surface area (Å²) < 4.78 is 0. The number of rotatable bonds is 13. The van der Waals surface area contributed by atoms with Gasteiger partial charge in [0.25, 0.3) is 0 Å². The Kier molecular flexibility index (Phi) is 11.6. The van der Waals surface area contributed by atoms with Crippen LogP contribution in [0.15, 0.2) is 0 Å². The van der Waals surface area contributed by atoms with E-state index in [9.17, 15) is 44.1 Å². The Morgan fingerprint density at radius 2 is 1.03 bits per heavy atom. The summed E-state index contributed by atoms with van der Waals surface area (Å²) in [4.78, 5) is 64.5. The quantitative estimate of drug-likeness (QED) is 0.170. The van der Waals surface area contributed by atoms with E-state index in [4.69, 9.17) is 25.5 Å². The van der Waals surface area contributed by atoms with E-state index in [0.29, 0.717) is 0 Å². The molecule has 0 heterocycles. The normalized spacial score (nSPS) is 14.2. The van der Waals surface area contributed by atoms with Crippen LogP contribution in [-0.2, 0) is 28.8 Å². The molecule has 14 nitrogen and oxygen atoms in total. The predicted molar refractivity (Wildman–Crippen MR) is 102 cm³/mol. The van der Waals surface area contributed by atoms with Gasteiger partial charge in [0, 0.05) is 0 Å². The lowest BCUT2D eigenvalue weighted by Crippen LogP contribution is -2.63. The van der Waals surface area contributed by atoms with Crippen LogP contribution in [0.2, 0.25) is 0 Å². The van der Waals surface area contributed by atoms with Crippen LogP contribution in [0.1, 0.15) is 52.9 Å². The van der Waals surface area contributed by atoms with Crippen molar-refractivity contribution in [3.8, 4) is 0 Å². The SMILES string of the molecule is CCC(C(=O)O)C(O)(C(=O)O)C(CC)(CC)C(=O)O.O=C(O)CC(O)(CC(=O)O)C(=O)O. The number of carbonyl (C=O) groups is 6. The van der Waals surface area contributed by atoms with Gasteiger partial charge in [-0.3, -0.25) is 19.2 Å². The van der Waals surface area contributed by atoms with Crippen LogP contribution in [0, 0.1) is 11.3 Å². The fourth-order valence-electron chi connectivity index (χ4n) is 3.30. The van der Waals surface area contributed by atoms with Crippen molar-refractivity contribution < 1.29 is 69.6 Å². The van der Waals surface area contributed by atoms with E-state index in [-0.39, 0.29) is 19.3 Å². The van der Waals surface area contributed by atoms with E-state index in [0.717, 1.165) is 0 Å². The summed E-state index contributed by atoms with van der Waals surface area (Å²) in [5.41, 5.74) is -7.64. The van der Waals surface area contributed by atoms with Gasteiger partial charge in [0.05, 0.1) is 18.8 Å². The first kappa shape index (κ1) is 30.9. The lowest BCUT2D eigenvalue weighted by Gasteiger charge is -2.43. The van der Waals surface area contributed by atoms with Gasteiger partial charge >= 0.3 is 35.8 Å². The molecule has 0 fully saturated rings. The number of aliphatic carboxylic acids is 6. The van der Waals surface area contributed by atoms with Crippen molar-refractivity contribution in [3.63, 3.8) is 0 Å². The second-order valence-electron chi connectivity index (χ2n) is 6.94. The number of carboxylic acid groups (broad SMARTS) is 6. The first-order chi connectivity index (χ1) is 14.4. The zero-order valence-corrected chi connectivity index (χ0v) is 17.6. The molecular formula is C18H28O14. The van der Waals surface area contributed by atoms with Crippen molar-refractivity contribution >= 4 is 35.8 Å². The summed E-state index contributed by atoms with van der Waals surface area (Å²) in [5, 5.41) is 71.9. The third kappa shape index (κ3) is 6.62. The molecule has 2 unspecified atom stereocenters. The molecule has 0 aromatic heterocycles. The maximum absolute atomic E-state index is 11.5. The molecule has 0 saturated carbocycles. The van der Waals surface area contributed by atoms with Crippen molar-refractivity contribution in [1.29, 1.82) is 0 Å². The van der Waals surface area contributed by atoms with Gasteiger partial charge in [-0.05, 0) is 19.3 Å². The third-order valence-electron chi connectivity index (χ3n) is 5.17. The van der Waals surface area contributed by atoms with Crippen LogP contribution in [0.3, 0.4) is 0 Å². The molecule has 0 amide bonds. The molecule has 0 aromatic rings. The van der Waals surface area contributed by atoms with E-state index >= 15 is 0 Å². The first-order valence-electron chi connectivity index (χ1n) is 9.24. The minimum atomic E-state index is -2.86. The maximum atomic E-state index is 11.5. The highest BCUT2D eigenvalue weighted by molar-refractivity contribution is 5.93. The number of hydrogen-bond acceptors (Lipinski definition) is 8. The van der Waals surface area contributed by atoms with Crippen LogP contribution in [0.5, 0.6) is 0 Å². The van der Waals surface area contributed by atoms with E-state index in [2.05, 4.69) is 0 Å². The molecule has 184 valence electrons. The fourth-order valence-corrected chi connectivity index (χ4v) is 3.30. The van der Waals surface area contributed by atoms with E-state index in [1.807, 2.05) is 0 Å². The summed E-state index contributed by atoms with van der Waals surface area (Å²) in [6.45, 7) is 4.23. The van der Waals surface area contributed by atoms with E-state index < -0.39 is 71.2 Å². The van der Waals surface area contributed by atoms with Gasteiger partial charge in [0.2, 0.25) is 0 Å². The highest BCUT2D eigenvalue weighted by Crippen LogP contribution is 2.45. The maximum Gasteiger partial charge on any atom is 0.337 e. The van der Waals surface area contributed by atoms with Crippen LogP contribution in [-0.4, -0.2) is 87.9 Å². The molecule has 14 heteroatoms. The smallest absolute Gasteiger partial charge is 0.337 e. The molecule has 0 aromatic carbocycles. The van der Waals surface area contributed by atoms with Gasteiger partial charge in [0.15, 0.2) is 11.2 Å². The molecule has 32 heavy (non-hydrogen) atoms. The van der Waals surface area contributed by atoms with Crippen LogP contribution in [0.4, 0.5) is 0 Å². The second-order valence-corrected chi connectivity index (χ2v) is 6.94. The predicted octanol–water partition coefficient (Wildman–Crippen LogP) is -0.445. The van der Waals surface area contributed by atoms with Crippen LogP contribution < -0.4 is 0 Å². The van der Waals surface area contributed by atoms with Crippen molar-refractivity contribution in [3.05, 3.63) is 0 Å². The van der Waals surface area contributed by atoms with Gasteiger partial charge in [-0.25, -0.2) is 9.59 Å². The molecule has 0 aliphatic carbocycles.